The normalized spacial score (nSPS) is 18.2. The molecule has 0 aromatic heterocycles. The van der Waals surface area contributed by atoms with Crippen LogP contribution in [0, 0.1) is 5.82 Å². The molecule has 0 spiro atoms. The fourth-order valence-electron chi connectivity index (χ4n) is 1.47. The van der Waals surface area contributed by atoms with Gasteiger partial charge in [0.15, 0.2) is 5.11 Å². The van der Waals surface area contributed by atoms with Gasteiger partial charge < -0.3 is 0 Å². The van der Waals surface area contributed by atoms with Gasteiger partial charge in [-0.1, -0.05) is 12.1 Å². The highest BCUT2D eigenvalue weighted by atomic mass is 32.1. The first-order valence-electron chi connectivity index (χ1n) is 5.09. The van der Waals surface area contributed by atoms with Crippen LogP contribution in [0.3, 0.4) is 0 Å². The first-order chi connectivity index (χ1) is 8.49. The van der Waals surface area contributed by atoms with Crippen LogP contribution in [0.4, 0.5) is 4.39 Å². The van der Waals surface area contributed by atoms with Crippen LogP contribution in [0.2, 0.25) is 0 Å². The summed E-state index contributed by atoms with van der Waals surface area (Å²) in [6.45, 7) is 0. The maximum atomic E-state index is 12.7. The van der Waals surface area contributed by atoms with Crippen molar-refractivity contribution in [2.75, 3.05) is 7.05 Å². The van der Waals surface area contributed by atoms with Crippen molar-refractivity contribution in [1.82, 2.24) is 10.2 Å². The lowest BCUT2D eigenvalue weighted by atomic mass is 10.1. The maximum Gasteiger partial charge on any atom is 0.265 e. The summed E-state index contributed by atoms with van der Waals surface area (Å²) in [6.07, 6.45) is 1.40. The quantitative estimate of drug-likeness (QED) is 0.469. The van der Waals surface area contributed by atoms with Crippen molar-refractivity contribution in [2.24, 2.45) is 0 Å². The van der Waals surface area contributed by atoms with Crippen molar-refractivity contribution in [3.05, 3.63) is 41.2 Å². The molecule has 2 rings (SSSR count). The van der Waals surface area contributed by atoms with Gasteiger partial charge in [-0.25, -0.2) is 4.39 Å². The monoisotopic (exact) mass is 264 g/mol. The number of likely N-dealkylation sites (N-methyl/N-ethyl adjacent to an activating group) is 1. The first kappa shape index (κ1) is 12.4. The molecule has 1 fully saturated rings. The van der Waals surface area contributed by atoms with Crippen LogP contribution in [-0.2, 0) is 9.59 Å². The second kappa shape index (κ2) is 4.66. The van der Waals surface area contributed by atoms with Crippen molar-refractivity contribution in [2.45, 2.75) is 0 Å². The molecule has 2 amide bonds. The molecule has 0 bridgehead atoms. The molecule has 0 unspecified atom stereocenters. The molecule has 1 saturated heterocycles. The third kappa shape index (κ3) is 2.28. The van der Waals surface area contributed by atoms with E-state index in [4.69, 9.17) is 12.2 Å². The average Bonchev–Trinajstić information content (AvgIpc) is 2.34. The Hall–Kier alpha value is -2.08. The number of hydrogen-bond acceptors (Lipinski definition) is 3. The van der Waals surface area contributed by atoms with Gasteiger partial charge in [-0.15, -0.1) is 0 Å². The highest BCUT2D eigenvalue weighted by Crippen LogP contribution is 2.13. The standard InChI is InChI=1S/C12H9FN2O2S/c1-15-11(17)9(10(16)14-12(15)18)6-7-2-4-8(13)5-3-7/h2-6H,1H3,(H,14,16,18). The average molecular weight is 264 g/mol. The molecule has 4 nitrogen and oxygen atoms in total. The molecule has 92 valence electrons. The minimum absolute atomic E-state index is 0.0299. The van der Waals surface area contributed by atoms with Gasteiger partial charge in [0, 0.05) is 7.05 Å². The fraction of sp³-hybridized carbons (Fsp3) is 0.0833. The summed E-state index contributed by atoms with van der Waals surface area (Å²) in [5, 5.41) is 2.47. The van der Waals surface area contributed by atoms with E-state index < -0.39 is 11.8 Å². The van der Waals surface area contributed by atoms with Gasteiger partial charge in [0.05, 0.1) is 0 Å². The summed E-state index contributed by atoms with van der Waals surface area (Å²) in [5.41, 5.74) is 0.536. The summed E-state index contributed by atoms with van der Waals surface area (Å²) in [4.78, 5) is 24.7. The van der Waals surface area contributed by atoms with E-state index >= 15 is 0 Å². The minimum atomic E-state index is -0.549. The summed E-state index contributed by atoms with van der Waals surface area (Å²) >= 11 is 4.81. The minimum Gasteiger partial charge on any atom is -0.298 e. The second-order valence-electron chi connectivity index (χ2n) is 3.73. The molecule has 1 aromatic rings. The van der Waals surface area contributed by atoms with Crippen LogP contribution in [-0.4, -0.2) is 28.9 Å². The predicted octanol–water partition coefficient (Wildman–Crippen LogP) is 1.08. The van der Waals surface area contributed by atoms with Crippen molar-refractivity contribution in [3.8, 4) is 0 Å². The maximum absolute atomic E-state index is 12.7. The first-order valence-corrected chi connectivity index (χ1v) is 5.50. The van der Waals surface area contributed by atoms with E-state index in [2.05, 4.69) is 5.32 Å². The molecule has 1 N–H and O–H groups in total. The van der Waals surface area contributed by atoms with Crippen LogP contribution < -0.4 is 5.32 Å². The number of halogens is 1. The third-order valence-corrected chi connectivity index (χ3v) is 2.86. The molecule has 0 atom stereocenters. The van der Waals surface area contributed by atoms with E-state index in [1.54, 1.807) is 0 Å². The van der Waals surface area contributed by atoms with E-state index in [-0.39, 0.29) is 16.5 Å². The lowest BCUT2D eigenvalue weighted by Crippen LogP contribution is -2.52. The van der Waals surface area contributed by atoms with E-state index in [1.807, 2.05) is 0 Å². The molecular weight excluding hydrogens is 255 g/mol. The van der Waals surface area contributed by atoms with Crippen LogP contribution in [0.15, 0.2) is 29.8 Å². The van der Waals surface area contributed by atoms with E-state index in [0.29, 0.717) is 5.56 Å². The van der Waals surface area contributed by atoms with E-state index in [1.165, 1.54) is 42.3 Å². The van der Waals surface area contributed by atoms with Crippen molar-refractivity contribution < 1.29 is 14.0 Å². The number of nitrogens with one attached hydrogen (secondary N) is 1. The van der Waals surface area contributed by atoms with Crippen LogP contribution >= 0.6 is 12.2 Å². The zero-order chi connectivity index (χ0) is 13.3. The summed E-state index contributed by atoms with van der Waals surface area (Å²) in [6, 6.07) is 5.48. The highest BCUT2D eigenvalue weighted by molar-refractivity contribution is 7.80. The van der Waals surface area contributed by atoms with Crippen molar-refractivity contribution in [1.29, 1.82) is 0 Å². The van der Waals surface area contributed by atoms with E-state index in [9.17, 15) is 14.0 Å². The van der Waals surface area contributed by atoms with Crippen molar-refractivity contribution >= 4 is 35.2 Å². The third-order valence-electron chi connectivity index (χ3n) is 2.49. The lowest BCUT2D eigenvalue weighted by molar-refractivity contribution is -0.128. The number of carbonyl (C=O) groups excluding carboxylic acids is 2. The molecule has 0 aliphatic carbocycles. The molecule has 1 aliphatic rings. The Morgan fingerprint density at radius 1 is 1.28 bits per heavy atom. The van der Waals surface area contributed by atoms with Gasteiger partial charge >= 0.3 is 0 Å². The highest BCUT2D eigenvalue weighted by Gasteiger charge is 2.30. The lowest BCUT2D eigenvalue weighted by Gasteiger charge is -2.24. The van der Waals surface area contributed by atoms with Crippen LogP contribution in [0.5, 0.6) is 0 Å². The number of benzene rings is 1. The summed E-state index contributed by atoms with van der Waals surface area (Å²) < 4.78 is 12.7. The number of thiocarbonyl (C=S) groups is 1. The van der Waals surface area contributed by atoms with Gasteiger partial charge in [-0.2, -0.15) is 0 Å². The molecular formula is C12H9FN2O2S. The van der Waals surface area contributed by atoms with Gasteiger partial charge in [0.25, 0.3) is 11.8 Å². The number of nitrogens with zero attached hydrogens (tertiary/aromatic N) is 1. The second-order valence-corrected chi connectivity index (χ2v) is 4.12. The Labute approximate surface area is 108 Å². The van der Waals surface area contributed by atoms with Gasteiger partial charge in [0.1, 0.15) is 11.4 Å². The zero-order valence-electron chi connectivity index (χ0n) is 9.44. The number of hydrogen-bond donors (Lipinski definition) is 1. The van der Waals surface area contributed by atoms with Gasteiger partial charge in [0.2, 0.25) is 0 Å². The van der Waals surface area contributed by atoms with Gasteiger partial charge in [-0.05, 0) is 36.0 Å². The molecule has 1 aliphatic heterocycles. The van der Waals surface area contributed by atoms with Crippen LogP contribution in [0.1, 0.15) is 5.56 Å². The number of rotatable bonds is 1. The Kier molecular flexibility index (Phi) is 3.20. The SMILES string of the molecule is CN1C(=O)C(=Cc2ccc(F)cc2)C(=O)NC1=S. The number of amides is 2. The molecule has 6 heteroatoms. The van der Waals surface area contributed by atoms with Crippen molar-refractivity contribution in [3.63, 3.8) is 0 Å². The smallest absolute Gasteiger partial charge is 0.265 e. The zero-order valence-corrected chi connectivity index (χ0v) is 10.3. The Bertz CT molecular complexity index is 566. The number of carbonyl (C=O) groups is 2. The largest absolute Gasteiger partial charge is 0.298 e. The topological polar surface area (TPSA) is 49.4 Å². The predicted molar refractivity (Wildman–Crippen MR) is 67.9 cm³/mol. The van der Waals surface area contributed by atoms with E-state index in [0.717, 1.165) is 0 Å². The Morgan fingerprint density at radius 2 is 1.89 bits per heavy atom. The fourth-order valence-corrected chi connectivity index (χ4v) is 1.65. The molecule has 1 aromatic carbocycles. The molecule has 0 radical (unpaired) electrons. The Balaban J connectivity index is 2.37. The molecule has 0 saturated carbocycles. The summed E-state index contributed by atoms with van der Waals surface area (Å²) in [5.74, 6) is -1.41. The Morgan fingerprint density at radius 3 is 2.50 bits per heavy atom. The van der Waals surface area contributed by atoms with Crippen LogP contribution in [0.25, 0.3) is 6.08 Å². The van der Waals surface area contributed by atoms with Gasteiger partial charge in [-0.3, -0.25) is 19.8 Å². The molecule has 1 heterocycles. The summed E-state index contributed by atoms with van der Waals surface area (Å²) in [7, 11) is 1.47. The molecule has 18 heavy (non-hydrogen) atoms.